The van der Waals surface area contributed by atoms with Crippen LogP contribution in [0.2, 0.25) is 0 Å². The number of benzene rings is 1. The van der Waals surface area contributed by atoms with Gasteiger partial charge in [0.05, 0.1) is 0 Å². The molecule has 0 fully saturated rings. The van der Waals surface area contributed by atoms with Crippen LogP contribution in [0.1, 0.15) is 25.5 Å². The Labute approximate surface area is 88.5 Å². The van der Waals surface area contributed by atoms with Crippen LogP contribution in [0.15, 0.2) is 18.2 Å². The van der Waals surface area contributed by atoms with E-state index >= 15 is 0 Å². The summed E-state index contributed by atoms with van der Waals surface area (Å²) in [5, 5.41) is 3.18. The Balaban J connectivity index is 2.87. The van der Waals surface area contributed by atoms with Crippen molar-refractivity contribution in [1.29, 1.82) is 0 Å². The molecule has 15 heavy (non-hydrogen) atoms. The Morgan fingerprint density at radius 3 is 2.40 bits per heavy atom. The zero-order valence-electron chi connectivity index (χ0n) is 8.93. The van der Waals surface area contributed by atoms with Gasteiger partial charge in [-0.05, 0) is 17.7 Å². The van der Waals surface area contributed by atoms with Gasteiger partial charge in [0.1, 0.15) is 0 Å². The van der Waals surface area contributed by atoms with Crippen LogP contribution in [0.5, 0.6) is 0 Å². The van der Waals surface area contributed by atoms with E-state index in [-0.39, 0.29) is 12.1 Å². The summed E-state index contributed by atoms with van der Waals surface area (Å²) in [5.41, 5.74) is 6.23. The van der Waals surface area contributed by atoms with Gasteiger partial charge in [0.25, 0.3) is 0 Å². The normalized spacial score (nSPS) is 13.2. The molecular weight excluding hydrogens is 198 g/mol. The lowest BCUT2D eigenvalue weighted by atomic mass is 10.1. The molecule has 0 radical (unpaired) electrons. The number of nitrogens with two attached hydrogens (primary N) is 1. The quantitative estimate of drug-likeness (QED) is 0.804. The van der Waals surface area contributed by atoms with Crippen molar-refractivity contribution in [3.63, 3.8) is 0 Å². The predicted molar refractivity (Wildman–Crippen MR) is 56.4 cm³/mol. The van der Waals surface area contributed by atoms with Crippen molar-refractivity contribution in [3.8, 4) is 0 Å². The fourth-order valence-electron chi connectivity index (χ4n) is 1.43. The molecule has 0 bridgehead atoms. The number of rotatable bonds is 4. The minimum absolute atomic E-state index is 0.139. The Morgan fingerprint density at radius 1 is 1.27 bits per heavy atom. The highest BCUT2D eigenvalue weighted by atomic mass is 19.2. The maximum absolute atomic E-state index is 13.0. The monoisotopic (exact) mass is 214 g/mol. The molecule has 0 aromatic heterocycles. The lowest BCUT2D eigenvalue weighted by molar-refractivity contribution is 0.472. The van der Waals surface area contributed by atoms with E-state index in [0.29, 0.717) is 12.1 Å². The standard InChI is InChI=1S/C11H16F2N2/c1-7(2)15-11(6-14)8-3-4-9(12)10(13)5-8/h3-5,7,11,15H,6,14H2,1-2H3. The second-order valence-corrected chi connectivity index (χ2v) is 3.78. The molecule has 1 atom stereocenters. The molecule has 84 valence electrons. The molecular formula is C11H16F2N2. The molecule has 4 heteroatoms. The zero-order chi connectivity index (χ0) is 11.4. The Hall–Kier alpha value is -1.00. The molecule has 0 amide bonds. The van der Waals surface area contributed by atoms with Crippen LogP contribution in [-0.2, 0) is 0 Å². The van der Waals surface area contributed by atoms with Crippen molar-refractivity contribution in [2.45, 2.75) is 25.9 Å². The molecule has 0 saturated heterocycles. The third-order valence-electron chi connectivity index (χ3n) is 2.12. The first-order valence-corrected chi connectivity index (χ1v) is 4.95. The van der Waals surface area contributed by atoms with Gasteiger partial charge in [-0.3, -0.25) is 0 Å². The van der Waals surface area contributed by atoms with E-state index in [1.807, 2.05) is 13.8 Å². The van der Waals surface area contributed by atoms with Crippen LogP contribution < -0.4 is 11.1 Å². The van der Waals surface area contributed by atoms with E-state index < -0.39 is 11.6 Å². The van der Waals surface area contributed by atoms with E-state index in [4.69, 9.17) is 5.73 Å². The SMILES string of the molecule is CC(C)NC(CN)c1ccc(F)c(F)c1. The van der Waals surface area contributed by atoms with Crippen LogP contribution in [0.25, 0.3) is 0 Å². The van der Waals surface area contributed by atoms with Gasteiger partial charge in [-0.15, -0.1) is 0 Å². The Morgan fingerprint density at radius 2 is 1.93 bits per heavy atom. The molecule has 1 aromatic rings. The van der Waals surface area contributed by atoms with Gasteiger partial charge in [-0.1, -0.05) is 19.9 Å². The van der Waals surface area contributed by atoms with Crippen molar-refractivity contribution < 1.29 is 8.78 Å². The second kappa shape index (κ2) is 5.19. The molecule has 3 N–H and O–H groups in total. The third-order valence-corrected chi connectivity index (χ3v) is 2.12. The molecule has 0 spiro atoms. The highest BCUT2D eigenvalue weighted by molar-refractivity contribution is 5.21. The summed E-state index contributed by atoms with van der Waals surface area (Å²) >= 11 is 0. The summed E-state index contributed by atoms with van der Waals surface area (Å²) in [4.78, 5) is 0. The van der Waals surface area contributed by atoms with E-state index in [9.17, 15) is 8.78 Å². The topological polar surface area (TPSA) is 38.0 Å². The molecule has 0 aliphatic rings. The average molecular weight is 214 g/mol. The van der Waals surface area contributed by atoms with Gasteiger partial charge in [0.2, 0.25) is 0 Å². The Bertz CT molecular complexity index is 326. The summed E-state index contributed by atoms with van der Waals surface area (Å²) in [6.45, 7) is 4.30. The highest BCUT2D eigenvalue weighted by Gasteiger charge is 2.12. The van der Waals surface area contributed by atoms with E-state index in [0.717, 1.165) is 6.07 Å². The van der Waals surface area contributed by atoms with Crippen LogP contribution >= 0.6 is 0 Å². The Kier molecular flexibility index (Phi) is 4.17. The fraction of sp³-hybridized carbons (Fsp3) is 0.455. The van der Waals surface area contributed by atoms with Gasteiger partial charge in [0, 0.05) is 18.6 Å². The number of nitrogens with one attached hydrogen (secondary N) is 1. The number of halogens is 2. The maximum atomic E-state index is 13.0. The van der Waals surface area contributed by atoms with Crippen molar-refractivity contribution in [2.24, 2.45) is 5.73 Å². The molecule has 2 nitrogen and oxygen atoms in total. The smallest absolute Gasteiger partial charge is 0.159 e. The van der Waals surface area contributed by atoms with E-state index in [1.54, 1.807) is 6.07 Å². The maximum Gasteiger partial charge on any atom is 0.159 e. The lowest BCUT2D eigenvalue weighted by Gasteiger charge is -2.20. The molecule has 0 aliphatic carbocycles. The predicted octanol–water partition coefficient (Wildman–Crippen LogP) is 1.96. The molecule has 1 rings (SSSR count). The van der Waals surface area contributed by atoms with Gasteiger partial charge in [-0.2, -0.15) is 0 Å². The fourth-order valence-corrected chi connectivity index (χ4v) is 1.43. The molecule has 0 aliphatic heterocycles. The van der Waals surface area contributed by atoms with E-state index in [1.165, 1.54) is 6.07 Å². The summed E-state index contributed by atoms with van der Waals surface area (Å²) in [7, 11) is 0. The van der Waals surface area contributed by atoms with Crippen LogP contribution in [0.3, 0.4) is 0 Å². The minimum atomic E-state index is -0.837. The van der Waals surface area contributed by atoms with Crippen molar-refractivity contribution >= 4 is 0 Å². The summed E-state index contributed by atoms with van der Waals surface area (Å²) in [6, 6.07) is 3.95. The van der Waals surface area contributed by atoms with Gasteiger partial charge < -0.3 is 11.1 Å². The summed E-state index contributed by atoms with van der Waals surface area (Å²) in [6.07, 6.45) is 0. The van der Waals surface area contributed by atoms with Crippen LogP contribution in [0, 0.1) is 11.6 Å². The average Bonchev–Trinajstić information content (AvgIpc) is 2.18. The molecule has 0 heterocycles. The lowest BCUT2D eigenvalue weighted by Crippen LogP contribution is -2.33. The first-order chi connectivity index (χ1) is 7.04. The molecule has 0 saturated carbocycles. The van der Waals surface area contributed by atoms with Gasteiger partial charge >= 0.3 is 0 Å². The molecule has 1 unspecified atom stereocenters. The summed E-state index contributed by atoms with van der Waals surface area (Å²) < 4.78 is 25.7. The first kappa shape index (κ1) is 12.1. The minimum Gasteiger partial charge on any atom is -0.329 e. The van der Waals surface area contributed by atoms with Crippen molar-refractivity contribution in [1.82, 2.24) is 5.32 Å². The van der Waals surface area contributed by atoms with Crippen LogP contribution in [-0.4, -0.2) is 12.6 Å². The first-order valence-electron chi connectivity index (χ1n) is 4.95. The third kappa shape index (κ3) is 3.25. The zero-order valence-corrected chi connectivity index (χ0v) is 8.93. The number of hydrogen-bond acceptors (Lipinski definition) is 2. The highest BCUT2D eigenvalue weighted by Crippen LogP contribution is 2.16. The van der Waals surface area contributed by atoms with Gasteiger partial charge in [-0.25, -0.2) is 8.78 Å². The number of hydrogen-bond donors (Lipinski definition) is 2. The van der Waals surface area contributed by atoms with E-state index in [2.05, 4.69) is 5.32 Å². The second-order valence-electron chi connectivity index (χ2n) is 3.78. The largest absolute Gasteiger partial charge is 0.329 e. The van der Waals surface area contributed by atoms with Gasteiger partial charge in [0.15, 0.2) is 11.6 Å². The van der Waals surface area contributed by atoms with Crippen molar-refractivity contribution in [3.05, 3.63) is 35.4 Å². The van der Waals surface area contributed by atoms with Crippen molar-refractivity contribution in [2.75, 3.05) is 6.54 Å². The molecule has 1 aromatic carbocycles. The van der Waals surface area contributed by atoms with Crippen LogP contribution in [0.4, 0.5) is 8.78 Å². The summed E-state index contributed by atoms with van der Waals surface area (Å²) in [5.74, 6) is -1.67.